The van der Waals surface area contributed by atoms with Gasteiger partial charge in [0.1, 0.15) is 0 Å². The van der Waals surface area contributed by atoms with Crippen LogP contribution in [0.2, 0.25) is 0 Å². The topological polar surface area (TPSA) is 46.3 Å². The van der Waals surface area contributed by atoms with Crippen LogP contribution in [0.15, 0.2) is 23.1 Å². The number of carbonyl (C=O) groups is 1. The summed E-state index contributed by atoms with van der Waals surface area (Å²) in [5.41, 5.74) is 8.00. The van der Waals surface area contributed by atoms with Crippen LogP contribution in [0.1, 0.15) is 18.1 Å². The zero-order valence-corrected chi connectivity index (χ0v) is 12.4. The predicted molar refractivity (Wildman–Crippen MR) is 77.9 cm³/mol. The molecule has 18 heavy (non-hydrogen) atoms. The largest absolute Gasteiger partial charge is 0.341 e. The highest BCUT2D eigenvalue weighted by Crippen LogP contribution is 2.23. The molecule has 0 spiro atoms. The highest BCUT2D eigenvalue weighted by molar-refractivity contribution is 8.00. The number of hydrogen-bond acceptors (Lipinski definition) is 3. The maximum Gasteiger partial charge on any atom is 0.232 e. The fraction of sp³-hybridized carbons (Fsp3) is 0.500. The highest BCUT2D eigenvalue weighted by atomic mass is 32.2. The molecule has 4 heteroatoms. The van der Waals surface area contributed by atoms with Crippen LogP contribution in [0.3, 0.4) is 0 Å². The van der Waals surface area contributed by atoms with Gasteiger partial charge in [-0.15, -0.1) is 11.8 Å². The number of benzene rings is 1. The lowest BCUT2D eigenvalue weighted by Gasteiger charge is -2.23. The van der Waals surface area contributed by atoms with Gasteiger partial charge in [0.2, 0.25) is 5.91 Å². The van der Waals surface area contributed by atoms with Crippen LogP contribution in [0.4, 0.5) is 0 Å². The summed E-state index contributed by atoms with van der Waals surface area (Å²) >= 11 is 1.59. The molecule has 1 rings (SSSR count). The fourth-order valence-corrected chi connectivity index (χ4v) is 2.56. The number of amides is 1. The van der Waals surface area contributed by atoms with E-state index in [4.69, 9.17) is 5.73 Å². The van der Waals surface area contributed by atoms with Crippen molar-refractivity contribution in [2.45, 2.75) is 31.7 Å². The molecule has 0 saturated heterocycles. The number of carbonyl (C=O) groups excluding carboxylic acids is 1. The van der Waals surface area contributed by atoms with E-state index in [1.807, 2.05) is 14.0 Å². The lowest BCUT2D eigenvalue weighted by molar-refractivity contribution is -0.128. The molecule has 0 heterocycles. The summed E-state index contributed by atoms with van der Waals surface area (Å²) in [5, 5.41) is 0. The van der Waals surface area contributed by atoms with Crippen LogP contribution in [0.5, 0.6) is 0 Å². The second kappa shape index (κ2) is 6.81. The number of rotatable bonds is 5. The minimum absolute atomic E-state index is 0.0942. The average molecular weight is 266 g/mol. The molecule has 3 nitrogen and oxygen atoms in total. The highest BCUT2D eigenvalue weighted by Gasteiger charge is 2.14. The Labute approximate surface area is 114 Å². The quantitative estimate of drug-likeness (QED) is 0.831. The van der Waals surface area contributed by atoms with Crippen LogP contribution >= 0.6 is 11.8 Å². The molecule has 0 aromatic heterocycles. The minimum Gasteiger partial charge on any atom is -0.341 e. The molecule has 1 atom stereocenters. The van der Waals surface area contributed by atoms with E-state index in [0.29, 0.717) is 12.3 Å². The molecule has 100 valence electrons. The van der Waals surface area contributed by atoms with Gasteiger partial charge < -0.3 is 10.6 Å². The molecule has 0 fully saturated rings. The van der Waals surface area contributed by atoms with Gasteiger partial charge in [-0.2, -0.15) is 0 Å². The first kappa shape index (κ1) is 15.1. The summed E-state index contributed by atoms with van der Waals surface area (Å²) in [6.07, 6.45) is 0. The molecule has 2 N–H and O–H groups in total. The molecule has 1 aromatic carbocycles. The van der Waals surface area contributed by atoms with E-state index < -0.39 is 0 Å². The molecular weight excluding hydrogens is 244 g/mol. The Morgan fingerprint density at radius 2 is 2.11 bits per heavy atom. The van der Waals surface area contributed by atoms with Gasteiger partial charge in [-0.05, 0) is 32.4 Å². The maximum absolute atomic E-state index is 12.0. The first-order valence-corrected chi connectivity index (χ1v) is 7.10. The number of nitrogens with two attached hydrogens (primary N) is 1. The monoisotopic (exact) mass is 266 g/mol. The lowest BCUT2D eigenvalue weighted by atomic mass is 10.2. The summed E-state index contributed by atoms with van der Waals surface area (Å²) in [6, 6.07) is 6.40. The first-order valence-electron chi connectivity index (χ1n) is 6.11. The van der Waals surface area contributed by atoms with Gasteiger partial charge in [-0.25, -0.2) is 0 Å². The fourth-order valence-electron chi connectivity index (χ4n) is 1.51. The Morgan fingerprint density at radius 1 is 1.44 bits per heavy atom. The van der Waals surface area contributed by atoms with E-state index in [2.05, 4.69) is 32.0 Å². The summed E-state index contributed by atoms with van der Waals surface area (Å²) in [6.45, 7) is 6.59. The zero-order valence-electron chi connectivity index (χ0n) is 11.6. The molecule has 1 aromatic rings. The van der Waals surface area contributed by atoms with Crippen molar-refractivity contribution in [2.75, 3.05) is 19.3 Å². The van der Waals surface area contributed by atoms with Gasteiger partial charge in [-0.1, -0.05) is 17.7 Å². The third-order valence-electron chi connectivity index (χ3n) is 3.09. The third kappa shape index (κ3) is 4.03. The molecule has 0 aliphatic rings. The summed E-state index contributed by atoms with van der Waals surface area (Å²) in [7, 11) is 1.81. The van der Waals surface area contributed by atoms with Gasteiger partial charge in [0.05, 0.1) is 5.75 Å². The second-order valence-corrected chi connectivity index (χ2v) is 5.66. The zero-order chi connectivity index (χ0) is 13.7. The van der Waals surface area contributed by atoms with Crippen molar-refractivity contribution >= 4 is 17.7 Å². The van der Waals surface area contributed by atoms with E-state index in [-0.39, 0.29) is 11.9 Å². The number of nitrogens with zero attached hydrogens (tertiary/aromatic N) is 1. The van der Waals surface area contributed by atoms with Crippen molar-refractivity contribution in [2.24, 2.45) is 5.73 Å². The van der Waals surface area contributed by atoms with Crippen LogP contribution in [0, 0.1) is 13.8 Å². The van der Waals surface area contributed by atoms with Crippen molar-refractivity contribution in [3.8, 4) is 0 Å². The van der Waals surface area contributed by atoms with E-state index in [1.165, 1.54) is 16.0 Å². The van der Waals surface area contributed by atoms with Crippen LogP contribution < -0.4 is 5.73 Å². The van der Waals surface area contributed by atoms with E-state index in [9.17, 15) is 4.79 Å². The summed E-state index contributed by atoms with van der Waals surface area (Å²) in [5.74, 6) is 0.587. The van der Waals surface area contributed by atoms with Crippen molar-refractivity contribution < 1.29 is 4.79 Å². The van der Waals surface area contributed by atoms with E-state index >= 15 is 0 Å². The Balaban J connectivity index is 2.60. The molecule has 0 aliphatic carbocycles. The summed E-state index contributed by atoms with van der Waals surface area (Å²) in [4.78, 5) is 14.9. The molecule has 0 saturated carbocycles. The Bertz CT molecular complexity index is 420. The SMILES string of the molecule is Cc1ccc(C)c(SCC(=O)N(C)C(C)CN)c1. The van der Waals surface area contributed by atoms with Crippen molar-refractivity contribution in [3.63, 3.8) is 0 Å². The van der Waals surface area contributed by atoms with Gasteiger partial charge in [0.15, 0.2) is 0 Å². The normalized spacial score (nSPS) is 12.3. The third-order valence-corrected chi connectivity index (χ3v) is 4.23. The van der Waals surface area contributed by atoms with E-state index in [1.54, 1.807) is 16.7 Å². The number of thioether (sulfide) groups is 1. The van der Waals surface area contributed by atoms with Gasteiger partial charge in [-0.3, -0.25) is 4.79 Å². The number of likely N-dealkylation sites (N-methyl/N-ethyl adjacent to an activating group) is 1. The number of aryl methyl sites for hydroxylation is 2. The standard InChI is InChI=1S/C14H22N2OS/c1-10-5-6-11(2)13(7-10)18-9-14(17)16(4)12(3)8-15/h5-7,12H,8-9,15H2,1-4H3. The predicted octanol–water partition coefficient (Wildman–Crippen LogP) is 2.20. The Hall–Kier alpha value is -1.00. The second-order valence-electron chi connectivity index (χ2n) is 4.65. The molecule has 1 amide bonds. The Kier molecular flexibility index (Phi) is 5.69. The molecule has 0 bridgehead atoms. The van der Waals surface area contributed by atoms with Gasteiger partial charge in [0.25, 0.3) is 0 Å². The van der Waals surface area contributed by atoms with Crippen molar-refractivity contribution in [1.82, 2.24) is 4.90 Å². The van der Waals surface area contributed by atoms with Crippen molar-refractivity contribution in [3.05, 3.63) is 29.3 Å². The summed E-state index contributed by atoms with van der Waals surface area (Å²) < 4.78 is 0. The average Bonchev–Trinajstić information content (AvgIpc) is 2.37. The lowest BCUT2D eigenvalue weighted by Crippen LogP contribution is -2.40. The molecule has 0 aliphatic heterocycles. The molecule has 1 unspecified atom stereocenters. The van der Waals surface area contributed by atoms with Gasteiger partial charge in [0, 0.05) is 24.5 Å². The van der Waals surface area contributed by atoms with Crippen LogP contribution in [-0.2, 0) is 4.79 Å². The Morgan fingerprint density at radius 3 is 2.72 bits per heavy atom. The number of hydrogen-bond donors (Lipinski definition) is 1. The smallest absolute Gasteiger partial charge is 0.232 e. The molecule has 0 radical (unpaired) electrons. The van der Waals surface area contributed by atoms with Gasteiger partial charge >= 0.3 is 0 Å². The molecular formula is C14H22N2OS. The van der Waals surface area contributed by atoms with E-state index in [0.717, 1.165) is 0 Å². The van der Waals surface area contributed by atoms with Crippen LogP contribution in [0.25, 0.3) is 0 Å². The van der Waals surface area contributed by atoms with Crippen molar-refractivity contribution in [1.29, 1.82) is 0 Å². The maximum atomic E-state index is 12.0. The first-order chi connectivity index (χ1) is 8.45. The minimum atomic E-state index is 0.0942. The van der Waals surface area contributed by atoms with Crippen LogP contribution in [-0.4, -0.2) is 36.2 Å².